The van der Waals surface area contributed by atoms with Crippen LogP contribution in [0.1, 0.15) is 57.9 Å². The number of nitrogens with one attached hydrogen (secondary N) is 1. The van der Waals surface area contributed by atoms with Gasteiger partial charge in [-0.2, -0.15) is 0 Å². The topological polar surface area (TPSA) is 58.9 Å². The Hall–Kier alpha value is -2.62. The van der Waals surface area contributed by atoms with E-state index < -0.39 is 5.54 Å². The quantitative estimate of drug-likeness (QED) is 0.280. The highest BCUT2D eigenvalue weighted by Crippen LogP contribution is 2.43. The summed E-state index contributed by atoms with van der Waals surface area (Å²) in [7, 11) is 0. The molecule has 3 rings (SSSR count). The number of H-pyrrole nitrogens is 1. The van der Waals surface area contributed by atoms with E-state index in [1.807, 2.05) is 36.4 Å². The van der Waals surface area contributed by atoms with Crippen molar-refractivity contribution in [3.63, 3.8) is 0 Å². The van der Waals surface area contributed by atoms with Crippen LogP contribution in [0.2, 0.25) is 0 Å². The summed E-state index contributed by atoms with van der Waals surface area (Å²) >= 11 is 0. The molecule has 1 aromatic heterocycles. The lowest BCUT2D eigenvalue weighted by atomic mass is 9.77. The molecule has 0 amide bonds. The standard InChI is InChI=1S/C23H28N2O2/c1-4-5-7-15-19(23(2,3)25(26)27)21-18-14-10-11-16-20(18)24-22(21)17-12-8-6-9-13-17/h6,8-14,16,19,24H,4-5,7,15H2,1-3H3. The Balaban J connectivity index is 2.22. The fraction of sp³-hybridized carbons (Fsp3) is 0.391. The summed E-state index contributed by atoms with van der Waals surface area (Å²) in [5.41, 5.74) is 3.15. The van der Waals surface area contributed by atoms with Crippen LogP contribution in [-0.4, -0.2) is 15.4 Å². The maximum absolute atomic E-state index is 12.0. The van der Waals surface area contributed by atoms with E-state index in [4.69, 9.17) is 0 Å². The van der Waals surface area contributed by atoms with Gasteiger partial charge in [0.15, 0.2) is 0 Å². The molecule has 0 bridgehead atoms. The number of aromatic nitrogens is 1. The largest absolute Gasteiger partial charge is 0.354 e. The van der Waals surface area contributed by atoms with Crippen LogP contribution in [0.15, 0.2) is 54.6 Å². The molecule has 0 saturated heterocycles. The van der Waals surface area contributed by atoms with Gasteiger partial charge in [-0.1, -0.05) is 74.7 Å². The molecular weight excluding hydrogens is 336 g/mol. The van der Waals surface area contributed by atoms with Crippen molar-refractivity contribution < 1.29 is 4.92 Å². The van der Waals surface area contributed by atoms with E-state index in [-0.39, 0.29) is 10.8 Å². The van der Waals surface area contributed by atoms with Crippen molar-refractivity contribution in [1.29, 1.82) is 0 Å². The zero-order valence-electron chi connectivity index (χ0n) is 16.4. The van der Waals surface area contributed by atoms with Crippen LogP contribution in [0.25, 0.3) is 22.2 Å². The normalized spacial score (nSPS) is 13.0. The van der Waals surface area contributed by atoms with Gasteiger partial charge < -0.3 is 4.98 Å². The highest BCUT2D eigenvalue weighted by atomic mass is 16.6. The number of hydrogen-bond acceptors (Lipinski definition) is 2. The number of unbranched alkanes of at least 4 members (excludes halogenated alkanes) is 2. The summed E-state index contributed by atoms with van der Waals surface area (Å²) in [5.74, 6) is -0.162. The molecule has 27 heavy (non-hydrogen) atoms. The Morgan fingerprint density at radius 1 is 1.04 bits per heavy atom. The highest BCUT2D eigenvalue weighted by molar-refractivity contribution is 5.91. The molecule has 0 aliphatic rings. The minimum Gasteiger partial charge on any atom is -0.354 e. The molecule has 1 N–H and O–H groups in total. The van der Waals surface area contributed by atoms with E-state index in [2.05, 4.69) is 30.1 Å². The molecule has 0 fully saturated rings. The first-order chi connectivity index (χ1) is 13.0. The van der Waals surface area contributed by atoms with Crippen LogP contribution < -0.4 is 0 Å². The van der Waals surface area contributed by atoms with Crippen molar-refractivity contribution >= 4 is 10.9 Å². The van der Waals surface area contributed by atoms with Gasteiger partial charge in [-0.05, 0) is 23.6 Å². The van der Waals surface area contributed by atoms with Gasteiger partial charge in [0, 0.05) is 29.7 Å². The second-order valence-corrected chi connectivity index (χ2v) is 7.78. The van der Waals surface area contributed by atoms with Gasteiger partial charge in [-0.3, -0.25) is 10.1 Å². The van der Waals surface area contributed by atoms with Crippen LogP contribution in [0.4, 0.5) is 0 Å². The van der Waals surface area contributed by atoms with E-state index in [1.165, 1.54) is 0 Å². The zero-order chi connectivity index (χ0) is 19.4. The summed E-state index contributed by atoms with van der Waals surface area (Å²) in [4.78, 5) is 15.4. The van der Waals surface area contributed by atoms with Gasteiger partial charge in [-0.15, -0.1) is 0 Å². The second-order valence-electron chi connectivity index (χ2n) is 7.78. The monoisotopic (exact) mass is 364 g/mol. The van der Waals surface area contributed by atoms with Crippen LogP contribution in [0, 0.1) is 10.1 Å². The lowest BCUT2D eigenvalue weighted by Crippen LogP contribution is -2.38. The highest BCUT2D eigenvalue weighted by Gasteiger charge is 2.43. The number of nitrogens with zero attached hydrogens (tertiary/aromatic N) is 1. The minimum atomic E-state index is -1.04. The van der Waals surface area contributed by atoms with Gasteiger partial charge in [0.1, 0.15) is 0 Å². The van der Waals surface area contributed by atoms with Gasteiger partial charge in [0.25, 0.3) is 0 Å². The van der Waals surface area contributed by atoms with Crippen molar-refractivity contribution in [2.75, 3.05) is 0 Å². The molecule has 4 heteroatoms. The molecule has 1 unspecified atom stereocenters. The van der Waals surface area contributed by atoms with Crippen LogP contribution in [0.5, 0.6) is 0 Å². The number of benzene rings is 2. The first kappa shape index (κ1) is 19.2. The number of para-hydroxylation sites is 1. The lowest BCUT2D eigenvalue weighted by Gasteiger charge is -2.28. The molecule has 1 atom stereocenters. The first-order valence-electron chi connectivity index (χ1n) is 9.77. The summed E-state index contributed by atoms with van der Waals surface area (Å²) in [5, 5.41) is 13.1. The maximum Gasteiger partial charge on any atom is 0.223 e. The molecular formula is C23H28N2O2. The summed E-state index contributed by atoms with van der Waals surface area (Å²) in [6.45, 7) is 5.69. The van der Waals surface area contributed by atoms with Gasteiger partial charge in [0.2, 0.25) is 5.54 Å². The molecule has 0 spiro atoms. The van der Waals surface area contributed by atoms with Crippen LogP contribution >= 0.6 is 0 Å². The fourth-order valence-corrected chi connectivity index (χ4v) is 3.93. The van der Waals surface area contributed by atoms with Crippen molar-refractivity contribution in [2.45, 2.75) is 57.9 Å². The molecule has 0 aliphatic carbocycles. The molecule has 4 nitrogen and oxygen atoms in total. The molecule has 2 aromatic carbocycles. The molecule has 0 saturated carbocycles. The Labute approximate surface area is 160 Å². The molecule has 0 radical (unpaired) electrons. The first-order valence-corrected chi connectivity index (χ1v) is 9.77. The van der Waals surface area contributed by atoms with Gasteiger partial charge in [-0.25, -0.2) is 0 Å². The maximum atomic E-state index is 12.0. The van der Waals surface area contributed by atoms with E-state index in [1.54, 1.807) is 13.8 Å². The van der Waals surface area contributed by atoms with Crippen LogP contribution in [0.3, 0.4) is 0 Å². The third-order valence-corrected chi connectivity index (χ3v) is 5.58. The van der Waals surface area contributed by atoms with Crippen molar-refractivity contribution in [2.24, 2.45) is 0 Å². The van der Waals surface area contributed by atoms with Crippen molar-refractivity contribution in [1.82, 2.24) is 4.98 Å². The SMILES string of the molecule is CCCCCC(c1c(-c2ccccc2)[nH]c2ccccc12)C(C)(C)[N+](=O)[O-]. The predicted molar refractivity (Wildman–Crippen MR) is 112 cm³/mol. The number of rotatable bonds is 8. The average Bonchev–Trinajstić information content (AvgIpc) is 3.05. The number of nitro groups is 1. The minimum absolute atomic E-state index is 0.111. The summed E-state index contributed by atoms with van der Waals surface area (Å²) < 4.78 is 0. The van der Waals surface area contributed by atoms with E-state index in [9.17, 15) is 10.1 Å². The average molecular weight is 364 g/mol. The Morgan fingerprint density at radius 2 is 1.70 bits per heavy atom. The van der Waals surface area contributed by atoms with E-state index >= 15 is 0 Å². The third kappa shape index (κ3) is 3.75. The Kier molecular flexibility index (Phi) is 5.64. The van der Waals surface area contributed by atoms with Crippen molar-refractivity contribution in [3.05, 3.63) is 70.3 Å². The molecule has 1 heterocycles. The number of aromatic amines is 1. The molecule has 3 aromatic rings. The van der Waals surface area contributed by atoms with Gasteiger partial charge >= 0.3 is 0 Å². The Bertz CT molecular complexity index is 913. The van der Waals surface area contributed by atoms with E-state index in [0.29, 0.717) is 0 Å². The smallest absolute Gasteiger partial charge is 0.223 e. The predicted octanol–water partition coefficient (Wildman–Crippen LogP) is 6.55. The number of fused-ring (bicyclic) bond motifs is 1. The summed E-state index contributed by atoms with van der Waals surface area (Å²) in [6.07, 6.45) is 3.99. The summed E-state index contributed by atoms with van der Waals surface area (Å²) in [6, 6.07) is 18.3. The van der Waals surface area contributed by atoms with E-state index in [0.717, 1.165) is 53.4 Å². The van der Waals surface area contributed by atoms with Gasteiger partial charge in [0.05, 0.1) is 11.6 Å². The zero-order valence-corrected chi connectivity index (χ0v) is 16.4. The molecule has 142 valence electrons. The molecule has 0 aliphatic heterocycles. The van der Waals surface area contributed by atoms with Crippen LogP contribution in [-0.2, 0) is 0 Å². The van der Waals surface area contributed by atoms with Crippen molar-refractivity contribution in [3.8, 4) is 11.3 Å². The fourth-order valence-electron chi connectivity index (χ4n) is 3.93. The second kappa shape index (κ2) is 7.95. The lowest BCUT2D eigenvalue weighted by molar-refractivity contribution is -0.565. The number of hydrogen-bond donors (Lipinski definition) is 1. The Morgan fingerprint density at radius 3 is 2.37 bits per heavy atom. The third-order valence-electron chi connectivity index (χ3n) is 5.58.